The Morgan fingerprint density at radius 1 is 0.426 bits per heavy atom. The lowest BCUT2D eigenvalue weighted by Gasteiger charge is -2.17. The number of carbonyl (C=O) groups is 7. The molecule has 17 heteroatoms. The van der Waals surface area contributed by atoms with Crippen LogP contribution in [-0.4, -0.2) is 128 Å². The molecule has 0 fully saturated rings. The number of carboxylic acid groups (broad SMARTS) is 3. The first-order valence-corrected chi connectivity index (χ1v) is 22.7. The molecule has 0 heterocycles. The summed E-state index contributed by atoms with van der Waals surface area (Å²) in [5.41, 5.74) is 0. The average molecular weight is 874 g/mol. The van der Waals surface area contributed by atoms with E-state index in [1.54, 1.807) is 0 Å². The lowest BCUT2D eigenvalue weighted by atomic mass is 10.0. The van der Waals surface area contributed by atoms with Gasteiger partial charge in [-0.3, -0.25) is 24.0 Å². The highest BCUT2D eigenvalue weighted by molar-refractivity contribution is 5.86. The number of unbranched alkanes of at least 4 members (excludes halogenated alkanes) is 16. The van der Waals surface area contributed by atoms with Gasteiger partial charge in [0.2, 0.25) is 17.7 Å². The third-order valence-electron chi connectivity index (χ3n) is 9.94. The quantitative estimate of drug-likeness (QED) is 0.0408. The van der Waals surface area contributed by atoms with E-state index < -0.39 is 35.9 Å². The summed E-state index contributed by atoms with van der Waals surface area (Å²) in [5.74, 6) is -4.52. The summed E-state index contributed by atoms with van der Waals surface area (Å²) in [6, 6.07) is -2.40. The summed E-state index contributed by atoms with van der Waals surface area (Å²) in [5, 5.41) is 35.4. The summed E-state index contributed by atoms with van der Waals surface area (Å²) in [6.07, 6.45) is 18.7. The predicted octanol–water partition coefficient (Wildman–Crippen LogP) is 5.59. The Hall–Kier alpha value is -3.67. The highest BCUT2D eigenvalue weighted by Crippen LogP contribution is 2.15. The summed E-state index contributed by atoms with van der Waals surface area (Å²) < 4.78 is 21.3. The maximum Gasteiger partial charge on any atom is 0.326 e. The van der Waals surface area contributed by atoms with Crippen molar-refractivity contribution in [1.82, 2.24) is 16.0 Å². The number of Topliss-reactive ketones (excluding diaryl/α,β-unsaturated/α-hetero) is 1. The minimum absolute atomic E-state index is 0.0296. The zero-order valence-corrected chi connectivity index (χ0v) is 37.2. The molecular formula is C44H79N3O14. The molecule has 0 rings (SSSR count). The van der Waals surface area contributed by atoms with Crippen LogP contribution in [0, 0.1) is 5.92 Å². The van der Waals surface area contributed by atoms with Crippen molar-refractivity contribution in [2.45, 2.75) is 174 Å². The van der Waals surface area contributed by atoms with Crippen molar-refractivity contribution in [3.05, 3.63) is 0 Å². The smallest absolute Gasteiger partial charge is 0.326 e. The van der Waals surface area contributed by atoms with Gasteiger partial charge in [0.1, 0.15) is 25.3 Å². The number of hydrogen-bond acceptors (Lipinski definition) is 11. The Balaban J connectivity index is 3.89. The van der Waals surface area contributed by atoms with Gasteiger partial charge in [-0.1, -0.05) is 104 Å². The predicted molar refractivity (Wildman–Crippen MR) is 229 cm³/mol. The highest BCUT2D eigenvalue weighted by Gasteiger charge is 2.24. The molecule has 3 amide bonds. The van der Waals surface area contributed by atoms with E-state index >= 15 is 0 Å². The van der Waals surface area contributed by atoms with Crippen molar-refractivity contribution in [1.29, 1.82) is 0 Å². The molecule has 17 nitrogen and oxygen atoms in total. The Labute approximate surface area is 363 Å². The van der Waals surface area contributed by atoms with Crippen LogP contribution in [0.5, 0.6) is 0 Å². The maximum atomic E-state index is 12.5. The number of carboxylic acids is 3. The van der Waals surface area contributed by atoms with Crippen molar-refractivity contribution < 1.29 is 67.8 Å². The van der Waals surface area contributed by atoms with Crippen LogP contribution in [0.3, 0.4) is 0 Å². The molecule has 0 saturated carbocycles. The number of ketones is 1. The zero-order valence-electron chi connectivity index (χ0n) is 37.2. The van der Waals surface area contributed by atoms with Gasteiger partial charge in [-0.2, -0.15) is 0 Å². The Morgan fingerprint density at radius 2 is 0.852 bits per heavy atom. The average Bonchev–Trinajstić information content (AvgIpc) is 3.21. The first-order chi connectivity index (χ1) is 29.3. The normalized spacial score (nSPS) is 12.2. The minimum atomic E-state index is -1.26. The Morgan fingerprint density at radius 3 is 1.34 bits per heavy atom. The van der Waals surface area contributed by atoms with Gasteiger partial charge >= 0.3 is 17.9 Å². The molecule has 1 unspecified atom stereocenters. The zero-order chi connectivity index (χ0) is 45.4. The van der Waals surface area contributed by atoms with Crippen LogP contribution >= 0.6 is 0 Å². The number of carbonyl (C=O) groups excluding carboxylic acids is 4. The van der Waals surface area contributed by atoms with E-state index in [1.165, 1.54) is 51.4 Å². The van der Waals surface area contributed by atoms with Gasteiger partial charge in [0, 0.05) is 38.3 Å². The third-order valence-corrected chi connectivity index (χ3v) is 9.94. The third kappa shape index (κ3) is 39.0. The van der Waals surface area contributed by atoms with E-state index in [0.29, 0.717) is 52.2 Å². The van der Waals surface area contributed by atoms with Crippen LogP contribution in [0.1, 0.15) is 162 Å². The molecule has 2 atom stereocenters. The molecule has 0 aliphatic heterocycles. The van der Waals surface area contributed by atoms with Crippen LogP contribution in [0.2, 0.25) is 0 Å². The topological polar surface area (TPSA) is 253 Å². The van der Waals surface area contributed by atoms with E-state index in [0.717, 1.165) is 44.9 Å². The molecule has 0 aromatic rings. The molecule has 0 saturated heterocycles. The fraction of sp³-hybridized carbons (Fsp3) is 0.841. The first-order valence-electron chi connectivity index (χ1n) is 22.7. The molecule has 6 N–H and O–H groups in total. The minimum Gasteiger partial charge on any atom is -0.481 e. The van der Waals surface area contributed by atoms with E-state index in [1.807, 2.05) is 13.8 Å². The standard InChI is InChI=1S/C44H79N3O14/c1-35(2)38(48)33-60-31-30-59-28-26-45-41(51)34-61-32-29-58-27-20-19-21-36(43(54)55)46-40(50)25-24-37(44(56)57)47-39(49)22-17-15-13-11-9-7-5-3-4-6-8-10-12-14-16-18-23-42(52)53/h35-37H,3-34H2,1-2H3,(H,45,51)(H,46,50)(H,47,49)(H,52,53)(H,54,55)(H,56,57)/t36-,37?/m0/s1. The fourth-order valence-corrected chi connectivity index (χ4v) is 6.17. The molecule has 0 spiro atoms. The molecule has 61 heavy (non-hydrogen) atoms. The van der Waals surface area contributed by atoms with Crippen LogP contribution in [0.4, 0.5) is 0 Å². The number of hydrogen-bond donors (Lipinski definition) is 6. The second-order valence-electron chi connectivity index (χ2n) is 15.8. The molecule has 354 valence electrons. The van der Waals surface area contributed by atoms with Crippen molar-refractivity contribution in [2.24, 2.45) is 5.92 Å². The molecule has 0 bridgehead atoms. The van der Waals surface area contributed by atoms with Crippen molar-refractivity contribution in [3.63, 3.8) is 0 Å². The first kappa shape index (κ1) is 57.3. The fourth-order valence-electron chi connectivity index (χ4n) is 6.17. The monoisotopic (exact) mass is 874 g/mol. The van der Waals surface area contributed by atoms with Crippen molar-refractivity contribution >= 4 is 41.4 Å². The van der Waals surface area contributed by atoms with Crippen LogP contribution in [-0.2, 0) is 52.5 Å². The Kier molecular flexibility index (Phi) is 38.0. The summed E-state index contributed by atoms with van der Waals surface area (Å²) in [6.45, 7) is 5.48. The number of amides is 3. The molecule has 0 aliphatic rings. The van der Waals surface area contributed by atoms with E-state index in [2.05, 4.69) is 16.0 Å². The summed E-state index contributed by atoms with van der Waals surface area (Å²) in [7, 11) is 0. The number of ether oxygens (including phenoxy) is 4. The van der Waals surface area contributed by atoms with Crippen LogP contribution < -0.4 is 16.0 Å². The number of nitrogens with one attached hydrogen (secondary N) is 3. The van der Waals surface area contributed by atoms with E-state index in [9.17, 15) is 43.8 Å². The number of aliphatic carboxylic acids is 3. The molecule has 0 aromatic heterocycles. The lowest BCUT2D eigenvalue weighted by Crippen LogP contribution is -2.43. The second-order valence-corrected chi connectivity index (χ2v) is 15.8. The van der Waals surface area contributed by atoms with Gasteiger partial charge in [-0.25, -0.2) is 9.59 Å². The van der Waals surface area contributed by atoms with E-state index in [-0.39, 0.29) is 82.0 Å². The summed E-state index contributed by atoms with van der Waals surface area (Å²) >= 11 is 0. The van der Waals surface area contributed by atoms with Gasteiger partial charge in [0.15, 0.2) is 5.78 Å². The molecule has 0 radical (unpaired) electrons. The molecule has 0 aromatic carbocycles. The van der Waals surface area contributed by atoms with Gasteiger partial charge in [0.05, 0.1) is 33.0 Å². The Bertz CT molecular complexity index is 1200. The van der Waals surface area contributed by atoms with Crippen molar-refractivity contribution in [2.75, 3.05) is 59.4 Å². The van der Waals surface area contributed by atoms with Gasteiger partial charge in [0.25, 0.3) is 0 Å². The SMILES string of the molecule is CC(C)C(=O)COCCOCCNC(=O)COCCOCCCC[C@H](NC(=O)CCC(NC(=O)CCCCCCCCCCCCCCCCCCC(=O)O)C(=O)O)C(=O)O. The summed E-state index contributed by atoms with van der Waals surface area (Å²) in [4.78, 5) is 82.2. The molecule has 0 aliphatic carbocycles. The number of rotatable bonds is 45. The van der Waals surface area contributed by atoms with Gasteiger partial charge in [-0.15, -0.1) is 0 Å². The highest BCUT2D eigenvalue weighted by atomic mass is 16.5. The van der Waals surface area contributed by atoms with Crippen LogP contribution in [0.15, 0.2) is 0 Å². The lowest BCUT2D eigenvalue weighted by molar-refractivity contribution is -0.143. The van der Waals surface area contributed by atoms with Gasteiger partial charge in [-0.05, 0) is 38.5 Å². The van der Waals surface area contributed by atoms with Crippen molar-refractivity contribution in [3.8, 4) is 0 Å². The molecular weight excluding hydrogens is 794 g/mol. The van der Waals surface area contributed by atoms with E-state index in [4.69, 9.17) is 24.1 Å². The second kappa shape index (κ2) is 40.4. The van der Waals surface area contributed by atoms with Gasteiger partial charge < -0.3 is 50.2 Å². The largest absolute Gasteiger partial charge is 0.481 e. The van der Waals surface area contributed by atoms with Crippen LogP contribution in [0.25, 0.3) is 0 Å². The maximum absolute atomic E-state index is 12.5.